The number of hydrogen-bond acceptors (Lipinski definition) is 3. The number of rotatable bonds is 5. The molecule has 0 amide bonds. The van der Waals surface area contributed by atoms with Gasteiger partial charge in [0.1, 0.15) is 0 Å². The maximum Gasteiger partial charge on any atom is 0.267 e. The van der Waals surface area contributed by atoms with Crippen LogP contribution in [-0.4, -0.2) is 20.8 Å². The predicted molar refractivity (Wildman–Crippen MR) is 40.2 cm³/mol. The molecule has 0 saturated carbocycles. The van der Waals surface area contributed by atoms with Crippen LogP contribution in [0.2, 0.25) is 0 Å². The molecule has 10 heavy (non-hydrogen) atoms. The van der Waals surface area contributed by atoms with Crippen LogP contribution in [0.25, 0.3) is 0 Å². The summed E-state index contributed by atoms with van der Waals surface area (Å²) in [6, 6.07) is 0. The average Bonchev–Trinajstić information content (AvgIpc) is 1.84. The van der Waals surface area contributed by atoms with Gasteiger partial charge in [-0.05, 0) is 6.42 Å². The van der Waals surface area contributed by atoms with Gasteiger partial charge in [-0.1, -0.05) is 13.0 Å². The van der Waals surface area contributed by atoms with E-state index in [-0.39, 0.29) is 12.4 Å². The van der Waals surface area contributed by atoms with Crippen molar-refractivity contribution in [3.05, 3.63) is 12.7 Å². The Hall–Kier alpha value is -0.350. The standard InChI is InChI=1S/C6H12O3S/c1-3-5-9-10(7,8)6-4-2/h3H,1,4-6H2,2H3. The quantitative estimate of drug-likeness (QED) is 0.448. The predicted octanol–water partition coefficient (Wildman–Crippen LogP) is 0.929. The molecule has 0 atom stereocenters. The maximum absolute atomic E-state index is 10.7. The van der Waals surface area contributed by atoms with Crippen LogP contribution in [0.1, 0.15) is 13.3 Å². The molecule has 0 fully saturated rings. The van der Waals surface area contributed by atoms with E-state index in [9.17, 15) is 8.42 Å². The average molecular weight is 164 g/mol. The summed E-state index contributed by atoms with van der Waals surface area (Å²) in [7, 11) is -3.27. The fraction of sp³-hybridized carbons (Fsp3) is 0.667. The largest absolute Gasteiger partial charge is 0.267 e. The zero-order chi connectivity index (χ0) is 8.04. The van der Waals surface area contributed by atoms with Crippen LogP contribution >= 0.6 is 0 Å². The van der Waals surface area contributed by atoms with E-state index in [1.807, 2.05) is 0 Å². The van der Waals surface area contributed by atoms with Crippen LogP contribution in [0.5, 0.6) is 0 Å². The monoisotopic (exact) mass is 164 g/mol. The molecule has 60 valence electrons. The molecular weight excluding hydrogens is 152 g/mol. The van der Waals surface area contributed by atoms with Crippen LogP contribution in [0.4, 0.5) is 0 Å². The first-order valence-electron chi connectivity index (χ1n) is 3.10. The lowest BCUT2D eigenvalue weighted by molar-refractivity contribution is 0.357. The molecule has 0 aromatic carbocycles. The van der Waals surface area contributed by atoms with E-state index in [0.29, 0.717) is 6.42 Å². The zero-order valence-electron chi connectivity index (χ0n) is 6.04. The number of hydrogen-bond donors (Lipinski definition) is 0. The lowest BCUT2D eigenvalue weighted by atomic mass is 10.6. The minimum atomic E-state index is -3.27. The third kappa shape index (κ3) is 4.52. The van der Waals surface area contributed by atoms with Gasteiger partial charge in [0, 0.05) is 0 Å². The molecule has 0 N–H and O–H groups in total. The fourth-order valence-electron chi connectivity index (χ4n) is 0.461. The summed E-state index contributed by atoms with van der Waals surface area (Å²) < 4.78 is 25.9. The summed E-state index contributed by atoms with van der Waals surface area (Å²) in [4.78, 5) is 0. The Morgan fingerprint density at radius 2 is 2.20 bits per heavy atom. The Balaban J connectivity index is 3.76. The van der Waals surface area contributed by atoms with E-state index in [4.69, 9.17) is 0 Å². The molecular formula is C6H12O3S. The molecule has 0 spiro atoms. The van der Waals surface area contributed by atoms with Gasteiger partial charge in [-0.2, -0.15) is 8.42 Å². The Kier molecular flexibility index (Phi) is 4.31. The minimum absolute atomic E-state index is 0.0718. The summed E-state index contributed by atoms with van der Waals surface area (Å²) >= 11 is 0. The maximum atomic E-state index is 10.7. The van der Waals surface area contributed by atoms with E-state index in [0.717, 1.165) is 0 Å². The normalized spacial score (nSPS) is 11.3. The summed E-state index contributed by atoms with van der Waals surface area (Å²) in [6.07, 6.45) is 1.99. The third-order valence-corrected chi connectivity index (χ3v) is 2.22. The Bertz CT molecular complexity index is 181. The topological polar surface area (TPSA) is 43.4 Å². The molecule has 0 aromatic rings. The molecule has 0 bridgehead atoms. The van der Waals surface area contributed by atoms with Crippen LogP contribution < -0.4 is 0 Å². The second kappa shape index (κ2) is 4.46. The van der Waals surface area contributed by atoms with Crippen molar-refractivity contribution in [1.82, 2.24) is 0 Å². The SMILES string of the molecule is C=CCOS(=O)(=O)CCC. The first kappa shape index (κ1) is 9.65. The van der Waals surface area contributed by atoms with E-state index in [1.54, 1.807) is 6.92 Å². The fourth-order valence-corrected chi connectivity index (χ4v) is 1.38. The van der Waals surface area contributed by atoms with Crippen molar-refractivity contribution < 1.29 is 12.6 Å². The van der Waals surface area contributed by atoms with Crippen LogP contribution in [0, 0.1) is 0 Å². The van der Waals surface area contributed by atoms with Crippen LogP contribution in [-0.2, 0) is 14.3 Å². The highest BCUT2D eigenvalue weighted by Crippen LogP contribution is 1.94. The molecule has 0 saturated heterocycles. The lowest BCUT2D eigenvalue weighted by Crippen LogP contribution is -2.09. The highest BCUT2D eigenvalue weighted by molar-refractivity contribution is 7.86. The summed E-state index contributed by atoms with van der Waals surface area (Å²) in [6.45, 7) is 5.19. The first-order chi connectivity index (χ1) is 4.62. The summed E-state index contributed by atoms with van der Waals surface area (Å²) in [5, 5.41) is 0. The second-order valence-electron chi connectivity index (χ2n) is 1.83. The van der Waals surface area contributed by atoms with E-state index >= 15 is 0 Å². The van der Waals surface area contributed by atoms with Gasteiger partial charge < -0.3 is 0 Å². The lowest BCUT2D eigenvalue weighted by Gasteiger charge is -1.99. The van der Waals surface area contributed by atoms with Gasteiger partial charge in [0.25, 0.3) is 10.1 Å². The van der Waals surface area contributed by atoms with Crippen molar-refractivity contribution >= 4 is 10.1 Å². The Morgan fingerprint density at radius 1 is 1.60 bits per heavy atom. The molecule has 0 unspecified atom stereocenters. The van der Waals surface area contributed by atoms with E-state index in [2.05, 4.69) is 10.8 Å². The highest BCUT2D eigenvalue weighted by atomic mass is 32.2. The molecule has 4 heteroatoms. The molecule has 0 radical (unpaired) electrons. The van der Waals surface area contributed by atoms with Gasteiger partial charge in [-0.15, -0.1) is 6.58 Å². The third-order valence-electron chi connectivity index (χ3n) is 0.820. The summed E-state index contributed by atoms with van der Waals surface area (Å²) in [5.74, 6) is 0.0842. The first-order valence-corrected chi connectivity index (χ1v) is 4.68. The highest BCUT2D eigenvalue weighted by Gasteiger charge is 2.06. The van der Waals surface area contributed by atoms with Gasteiger partial charge in [0.2, 0.25) is 0 Å². The van der Waals surface area contributed by atoms with Gasteiger partial charge in [-0.3, -0.25) is 4.18 Å². The van der Waals surface area contributed by atoms with Crippen molar-refractivity contribution in [3.8, 4) is 0 Å². The van der Waals surface area contributed by atoms with Gasteiger partial charge >= 0.3 is 0 Å². The summed E-state index contributed by atoms with van der Waals surface area (Å²) in [5.41, 5.74) is 0. The van der Waals surface area contributed by atoms with Crippen molar-refractivity contribution in [2.24, 2.45) is 0 Å². The second-order valence-corrected chi connectivity index (χ2v) is 3.59. The molecule has 0 rings (SSSR count). The van der Waals surface area contributed by atoms with Crippen molar-refractivity contribution in [2.75, 3.05) is 12.4 Å². The molecule has 3 nitrogen and oxygen atoms in total. The van der Waals surface area contributed by atoms with Crippen molar-refractivity contribution in [3.63, 3.8) is 0 Å². The van der Waals surface area contributed by atoms with Gasteiger partial charge in [-0.25, -0.2) is 0 Å². The van der Waals surface area contributed by atoms with Gasteiger partial charge in [0.05, 0.1) is 12.4 Å². The Labute approximate surface area is 61.8 Å². The minimum Gasteiger partial charge on any atom is -0.266 e. The van der Waals surface area contributed by atoms with Crippen molar-refractivity contribution in [2.45, 2.75) is 13.3 Å². The molecule has 0 aromatic heterocycles. The molecule has 0 heterocycles. The van der Waals surface area contributed by atoms with E-state index < -0.39 is 10.1 Å². The molecule has 0 aliphatic carbocycles. The van der Waals surface area contributed by atoms with Crippen LogP contribution in [0.15, 0.2) is 12.7 Å². The van der Waals surface area contributed by atoms with Gasteiger partial charge in [0.15, 0.2) is 0 Å². The zero-order valence-corrected chi connectivity index (χ0v) is 6.86. The van der Waals surface area contributed by atoms with E-state index in [1.165, 1.54) is 6.08 Å². The molecule has 0 aliphatic heterocycles. The van der Waals surface area contributed by atoms with Crippen LogP contribution in [0.3, 0.4) is 0 Å². The smallest absolute Gasteiger partial charge is 0.266 e. The molecule has 0 aliphatic rings. The van der Waals surface area contributed by atoms with Crippen molar-refractivity contribution in [1.29, 1.82) is 0 Å². The Morgan fingerprint density at radius 3 is 2.60 bits per heavy atom.